The summed E-state index contributed by atoms with van der Waals surface area (Å²) in [6, 6.07) is 9.01. The van der Waals surface area contributed by atoms with Gasteiger partial charge in [-0.15, -0.1) is 10.2 Å². The molecule has 0 unspecified atom stereocenters. The quantitative estimate of drug-likeness (QED) is 0.609. The molecule has 0 aliphatic carbocycles. The third kappa shape index (κ3) is 3.52. The van der Waals surface area contributed by atoms with E-state index in [1.807, 2.05) is 12.1 Å². The predicted octanol–water partition coefficient (Wildman–Crippen LogP) is 2.81. The zero-order valence-electron chi connectivity index (χ0n) is 13.9. The smallest absolute Gasteiger partial charge is 0.277 e. The molecule has 0 saturated carbocycles. The summed E-state index contributed by atoms with van der Waals surface area (Å²) >= 11 is 1.19. The van der Waals surface area contributed by atoms with Gasteiger partial charge in [0.25, 0.3) is 5.22 Å². The van der Waals surface area contributed by atoms with Crippen molar-refractivity contribution < 1.29 is 23.1 Å². The molecule has 9 heteroatoms. The molecule has 4 rings (SSSR count). The summed E-state index contributed by atoms with van der Waals surface area (Å²) in [6.45, 7) is 0.621. The third-order valence-electron chi connectivity index (χ3n) is 3.74. The zero-order chi connectivity index (χ0) is 17.9. The molecule has 0 spiro atoms. The topological polar surface area (TPSA) is 90.8 Å². The first-order valence-electron chi connectivity index (χ1n) is 7.82. The highest BCUT2D eigenvalue weighted by Gasteiger charge is 2.18. The number of hydrogen-bond donors (Lipinski definition) is 0. The highest BCUT2D eigenvalue weighted by Crippen LogP contribution is 2.36. The molecule has 3 aromatic rings. The van der Waals surface area contributed by atoms with Gasteiger partial charge >= 0.3 is 0 Å². The highest BCUT2D eigenvalue weighted by molar-refractivity contribution is 7.99. The Hall–Kier alpha value is -2.94. The van der Waals surface area contributed by atoms with Crippen LogP contribution in [0.4, 0.5) is 0 Å². The first kappa shape index (κ1) is 16.5. The van der Waals surface area contributed by atoms with Crippen molar-refractivity contribution in [1.82, 2.24) is 15.1 Å². The van der Waals surface area contributed by atoms with Crippen LogP contribution in [0.2, 0.25) is 0 Å². The molecule has 0 bridgehead atoms. The largest absolute Gasteiger partial charge is 0.467 e. The van der Waals surface area contributed by atoms with E-state index in [1.165, 1.54) is 11.8 Å². The van der Waals surface area contributed by atoms with Crippen molar-refractivity contribution in [2.24, 2.45) is 0 Å². The van der Waals surface area contributed by atoms with Crippen LogP contribution in [-0.4, -0.2) is 40.6 Å². The lowest BCUT2D eigenvalue weighted by molar-refractivity contribution is -0.127. The molecular formula is C17H15N3O5S. The van der Waals surface area contributed by atoms with E-state index in [0.717, 1.165) is 11.3 Å². The second-order valence-corrected chi connectivity index (χ2v) is 6.49. The number of nitrogens with zero attached hydrogens (tertiary/aromatic N) is 3. The van der Waals surface area contributed by atoms with Gasteiger partial charge < -0.3 is 23.2 Å². The SMILES string of the molecule is CN(Cc1ccco1)C(=O)CSc1nnc(-c2ccc3c(c2)OCO3)o1. The first-order chi connectivity index (χ1) is 12.7. The van der Waals surface area contributed by atoms with E-state index in [1.54, 1.807) is 36.4 Å². The molecule has 2 aromatic heterocycles. The van der Waals surface area contributed by atoms with Crippen molar-refractivity contribution >= 4 is 17.7 Å². The molecule has 1 aliphatic heterocycles. The third-order valence-corrected chi connectivity index (χ3v) is 4.55. The number of ether oxygens (including phenoxy) is 2. The van der Waals surface area contributed by atoms with Gasteiger partial charge in [0, 0.05) is 12.6 Å². The number of carbonyl (C=O) groups excluding carboxylic acids is 1. The van der Waals surface area contributed by atoms with E-state index >= 15 is 0 Å². The van der Waals surface area contributed by atoms with Crippen molar-refractivity contribution in [3.05, 3.63) is 42.4 Å². The van der Waals surface area contributed by atoms with E-state index in [4.69, 9.17) is 18.3 Å². The molecule has 0 fully saturated rings. The molecular weight excluding hydrogens is 358 g/mol. The summed E-state index contributed by atoms with van der Waals surface area (Å²) in [5.74, 6) is 2.56. The number of aromatic nitrogens is 2. The fourth-order valence-corrected chi connectivity index (χ4v) is 3.08. The van der Waals surface area contributed by atoms with Gasteiger partial charge in [0.2, 0.25) is 18.6 Å². The number of thioether (sulfide) groups is 1. The molecule has 1 amide bonds. The first-order valence-corrected chi connectivity index (χ1v) is 8.80. The number of rotatable bonds is 6. The lowest BCUT2D eigenvalue weighted by Gasteiger charge is -2.14. The number of fused-ring (bicyclic) bond motifs is 1. The Labute approximate surface area is 153 Å². The summed E-state index contributed by atoms with van der Waals surface area (Å²) in [5.41, 5.74) is 0.731. The van der Waals surface area contributed by atoms with E-state index in [-0.39, 0.29) is 18.5 Å². The van der Waals surface area contributed by atoms with E-state index in [2.05, 4.69) is 10.2 Å². The maximum atomic E-state index is 12.2. The van der Waals surface area contributed by atoms with Crippen LogP contribution >= 0.6 is 11.8 Å². The maximum absolute atomic E-state index is 12.2. The van der Waals surface area contributed by atoms with Crippen LogP contribution in [0.25, 0.3) is 11.5 Å². The Bertz CT molecular complexity index is 909. The van der Waals surface area contributed by atoms with Gasteiger partial charge in [0.05, 0.1) is 18.6 Å². The van der Waals surface area contributed by atoms with Gasteiger partial charge in [-0.25, -0.2) is 0 Å². The second kappa shape index (κ2) is 7.12. The number of furan rings is 1. The summed E-state index contributed by atoms with van der Waals surface area (Å²) in [4.78, 5) is 13.8. The Morgan fingerprint density at radius 3 is 2.96 bits per heavy atom. The maximum Gasteiger partial charge on any atom is 0.277 e. The standard InChI is InChI=1S/C17H15N3O5S/c1-20(8-12-3-2-6-22-12)15(21)9-26-17-19-18-16(25-17)11-4-5-13-14(7-11)24-10-23-13/h2-7H,8-10H2,1H3. The predicted molar refractivity (Wildman–Crippen MR) is 91.8 cm³/mol. The van der Waals surface area contributed by atoms with Gasteiger partial charge in [0.15, 0.2) is 11.5 Å². The van der Waals surface area contributed by atoms with Gasteiger partial charge in [-0.2, -0.15) is 0 Å². The lowest BCUT2D eigenvalue weighted by atomic mass is 10.2. The van der Waals surface area contributed by atoms with Crippen molar-refractivity contribution in [3.63, 3.8) is 0 Å². The minimum absolute atomic E-state index is 0.0609. The average Bonchev–Trinajstić information content (AvgIpc) is 3.39. The van der Waals surface area contributed by atoms with Gasteiger partial charge in [0.1, 0.15) is 5.76 Å². The van der Waals surface area contributed by atoms with E-state index in [0.29, 0.717) is 29.2 Å². The monoisotopic (exact) mass is 373 g/mol. The molecule has 26 heavy (non-hydrogen) atoms. The van der Waals surface area contributed by atoms with Crippen LogP contribution < -0.4 is 9.47 Å². The van der Waals surface area contributed by atoms with Gasteiger partial charge in [-0.1, -0.05) is 11.8 Å². The molecule has 1 aliphatic rings. The Morgan fingerprint density at radius 2 is 2.12 bits per heavy atom. The summed E-state index contributed by atoms with van der Waals surface area (Å²) < 4.78 is 21.5. The van der Waals surface area contributed by atoms with E-state index in [9.17, 15) is 4.79 Å². The second-order valence-electron chi connectivity index (χ2n) is 5.56. The average molecular weight is 373 g/mol. The van der Waals surface area contributed by atoms with Crippen LogP contribution in [-0.2, 0) is 11.3 Å². The zero-order valence-corrected chi connectivity index (χ0v) is 14.7. The van der Waals surface area contributed by atoms with Gasteiger partial charge in [-0.05, 0) is 30.3 Å². The summed E-state index contributed by atoms with van der Waals surface area (Å²) in [5, 5.41) is 8.33. The van der Waals surface area contributed by atoms with Crippen molar-refractivity contribution in [1.29, 1.82) is 0 Å². The van der Waals surface area contributed by atoms with Crippen molar-refractivity contribution in [3.8, 4) is 23.0 Å². The fraction of sp³-hybridized carbons (Fsp3) is 0.235. The Morgan fingerprint density at radius 1 is 1.23 bits per heavy atom. The molecule has 0 atom stereocenters. The van der Waals surface area contributed by atoms with Crippen LogP contribution in [0.15, 0.2) is 50.7 Å². The minimum atomic E-state index is -0.0609. The number of carbonyl (C=O) groups is 1. The highest BCUT2D eigenvalue weighted by atomic mass is 32.2. The van der Waals surface area contributed by atoms with E-state index < -0.39 is 0 Å². The molecule has 0 radical (unpaired) electrons. The molecule has 0 N–H and O–H groups in total. The number of amides is 1. The minimum Gasteiger partial charge on any atom is -0.467 e. The van der Waals surface area contributed by atoms with Gasteiger partial charge in [-0.3, -0.25) is 4.79 Å². The van der Waals surface area contributed by atoms with Crippen LogP contribution in [0, 0.1) is 0 Å². The normalized spacial score (nSPS) is 12.3. The summed E-state index contributed by atoms with van der Waals surface area (Å²) in [6.07, 6.45) is 1.58. The molecule has 1 aromatic carbocycles. The molecule has 134 valence electrons. The Kier molecular flexibility index (Phi) is 4.53. The lowest BCUT2D eigenvalue weighted by Crippen LogP contribution is -2.27. The van der Waals surface area contributed by atoms with Crippen LogP contribution in [0.5, 0.6) is 11.5 Å². The fourth-order valence-electron chi connectivity index (χ4n) is 2.37. The van der Waals surface area contributed by atoms with Crippen molar-refractivity contribution in [2.75, 3.05) is 19.6 Å². The molecule has 8 nitrogen and oxygen atoms in total. The molecule has 3 heterocycles. The van der Waals surface area contributed by atoms with Crippen LogP contribution in [0.3, 0.4) is 0 Å². The Balaban J connectivity index is 1.35. The number of benzene rings is 1. The molecule has 0 saturated heterocycles. The summed E-state index contributed by atoms with van der Waals surface area (Å²) in [7, 11) is 1.72. The van der Waals surface area contributed by atoms with Crippen molar-refractivity contribution in [2.45, 2.75) is 11.8 Å². The number of hydrogen-bond acceptors (Lipinski definition) is 8. The van der Waals surface area contributed by atoms with Crippen LogP contribution in [0.1, 0.15) is 5.76 Å².